The van der Waals surface area contributed by atoms with Crippen molar-refractivity contribution in [3.05, 3.63) is 72.3 Å². The summed E-state index contributed by atoms with van der Waals surface area (Å²) in [5, 5.41) is 3.26. The minimum atomic E-state index is 0. The molecule has 0 aliphatic carbocycles. The number of aromatic amines is 1. The number of H-pyrrole nitrogens is 1. The van der Waals surface area contributed by atoms with Crippen LogP contribution in [-0.2, 0) is 0 Å². The molecule has 0 atom stereocenters. The molecule has 0 saturated carbocycles. The van der Waals surface area contributed by atoms with Crippen LogP contribution in [0.1, 0.15) is 17.8 Å². The number of carbonyl (C=O) groups excluding carboxylic acids is 1. The number of fused-ring (bicyclic) bond motifs is 1. The SMILES string of the molecule is C.CN.CN(C)c1ccc(-c2ccc(-n3[nH]c4cc(C=O)ccc43)cc2)cc1. The molecule has 0 radical (unpaired) electrons. The Bertz CT molecular complexity index is 1020. The van der Waals surface area contributed by atoms with E-state index in [0.717, 1.165) is 23.0 Å². The van der Waals surface area contributed by atoms with Crippen LogP contribution in [0.4, 0.5) is 5.69 Å². The van der Waals surface area contributed by atoms with E-state index in [1.807, 2.05) is 37.0 Å². The number of rotatable bonds is 4. The standard InChI is InChI=1S/C21H19N3O.CH5N.CH4/c1-23(2)18-8-4-16(5-9-18)17-6-10-19(11-7-17)24-21-12-3-15(14-25)13-20(21)22-24;1-2;/h3-14,22H,1-2H3;2H2,1H3;1H4. The van der Waals surface area contributed by atoms with E-state index in [1.165, 1.54) is 23.9 Å². The molecule has 0 aliphatic heterocycles. The topological polar surface area (TPSA) is 67.0 Å². The Morgan fingerprint density at radius 2 is 1.46 bits per heavy atom. The molecule has 28 heavy (non-hydrogen) atoms. The smallest absolute Gasteiger partial charge is 0.150 e. The predicted octanol–water partition coefficient (Wildman–Crippen LogP) is 4.72. The molecule has 4 rings (SSSR count). The normalized spacial score (nSPS) is 10.0. The molecule has 3 N–H and O–H groups in total. The van der Waals surface area contributed by atoms with Crippen molar-refractivity contribution in [2.45, 2.75) is 7.43 Å². The van der Waals surface area contributed by atoms with Gasteiger partial charge in [0.1, 0.15) is 6.29 Å². The van der Waals surface area contributed by atoms with Gasteiger partial charge in [0.05, 0.1) is 16.7 Å². The predicted molar refractivity (Wildman–Crippen MR) is 120 cm³/mol. The highest BCUT2D eigenvalue weighted by Crippen LogP contribution is 2.26. The molecule has 5 nitrogen and oxygen atoms in total. The van der Waals surface area contributed by atoms with Crippen LogP contribution in [0.25, 0.3) is 27.8 Å². The number of nitrogens with zero attached hydrogens (tertiary/aromatic N) is 2. The second-order valence-electron chi connectivity index (χ2n) is 6.33. The number of hydrogen-bond acceptors (Lipinski definition) is 3. The monoisotopic (exact) mass is 376 g/mol. The molecule has 0 amide bonds. The lowest BCUT2D eigenvalue weighted by Crippen LogP contribution is -2.08. The molecular formula is C23H28N4O. The maximum atomic E-state index is 10.8. The highest BCUT2D eigenvalue weighted by molar-refractivity contribution is 5.87. The Kier molecular flexibility index (Phi) is 6.79. The van der Waals surface area contributed by atoms with E-state index in [9.17, 15) is 4.79 Å². The fourth-order valence-corrected chi connectivity index (χ4v) is 3.00. The Balaban J connectivity index is 0.000000906. The highest BCUT2D eigenvalue weighted by Gasteiger charge is 2.08. The summed E-state index contributed by atoms with van der Waals surface area (Å²) < 4.78 is 2.02. The average Bonchev–Trinajstić information content (AvgIpc) is 2.71. The summed E-state index contributed by atoms with van der Waals surface area (Å²) >= 11 is 0. The lowest BCUT2D eigenvalue weighted by molar-refractivity contribution is 0.112. The van der Waals surface area contributed by atoms with Crippen LogP contribution in [0.15, 0.2) is 66.7 Å². The largest absolute Gasteiger partial charge is 0.378 e. The van der Waals surface area contributed by atoms with Crippen LogP contribution in [0.5, 0.6) is 0 Å². The van der Waals surface area contributed by atoms with Gasteiger partial charge in [-0.05, 0) is 60.6 Å². The molecule has 4 aromatic rings. The molecule has 0 aliphatic rings. The maximum absolute atomic E-state index is 10.8. The quantitative estimate of drug-likeness (QED) is 0.507. The Morgan fingerprint density at radius 1 is 0.893 bits per heavy atom. The summed E-state index contributed by atoms with van der Waals surface area (Å²) in [6.07, 6.45) is 0.862. The first-order chi connectivity index (χ1) is 13.2. The Hall–Kier alpha value is -3.31. The van der Waals surface area contributed by atoms with Gasteiger partial charge in [-0.2, -0.15) is 0 Å². The summed E-state index contributed by atoms with van der Waals surface area (Å²) in [6, 6.07) is 22.6. The van der Waals surface area contributed by atoms with Gasteiger partial charge < -0.3 is 10.6 Å². The minimum Gasteiger partial charge on any atom is -0.378 e. The average molecular weight is 377 g/mol. The summed E-state index contributed by atoms with van der Waals surface area (Å²) in [7, 11) is 5.58. The van der Waals surface area contributed by atoms with Gasteiger partial charge in [-0.25, -0.2) is 0 Å². The van der Waals surface area contributed by atoms with E-state index in [-0.39, 0.29) is 7.43 Å². The van der Waals surface area contributed by atoms with E-state index in [2.05, 4.69) is 64.3 Å². The number of carbonyl (C=O) groups is 1. The van der Waals surface area contributed by atoms with Crippen LogP contribution in [0.3, 0.4) is 0 Å². The van der Waals surface area contributed by atoms with E-state index in [4.69, 9.17) is 0 Å². The van der Waals surface area contributed by atoms with Crippen molar-refractivity contribution in [3.8, 4) is 16.8 Å². The van der Waals surface area contributed by atoms with Crippen molar-refractivity contribution in [3.63, 3.8) is 0 Å². The molecule has 1 aromatic heterocycles. The van der Waals surface area contributed by atoms with Crippen LogP contribution in [0, 0.1) is 0 Å². The molecule has 3 aromatic carbocycles. The van der Waals surface area contributed by atoms with E-state index < -0.39 is 0 Å². The van der Waals surface area contributed by atoms with Gasteiger partial charge in [0.2, 0.25) is 0 Å². The molecule has 5 heteroatoms. The molecule has 0 spiro atoms. The summed E-state index contributed by atoms with van der Waals surface area (Å²) in [5.74, 6) is 0. The van der Waals surface area contributed by atoms with Gasteiger partial charge in [-0.3, -0.25) is 14.6 Å². The minimum absolute atomic E-state index is 0. The van der Waals surface area contributed by atoms with Crippen LogP contribution >= 0.6 is 0 Å². The van der Waals surface area contributed by atoms with E-state index >= 15 is 0 Å². The lowest BCUT2D eigenvalue weighted by Gasteiger charge is -2.17. The van der Waals surface area contributed by atoms with Crippen molar-refractivity contribution < 1.29 is 4.79 Å². The number of nitrogens with one attached hydrogen (secondary N) is 1. The van der Waals surface area contributed by atoms with Gasteiger partial charge in [-0.15, -0.1) is 0 Å². The molecule has 1 heterocycles. The third-order valence-corrected chi connectivity index (χ3v) is 4.47. The zero-order chi connectivity index (χ0) is 19.4. The molecule has 0 fully saturated rings. The fourth-order valence-electron chi connectivity index (χ4n) is 3.00. The van der Waals surface area contributed by atoms with Gasteiger partial charge in [0.25, 0.3) is 0 Å². The zero-order valence-corrected chi connectivity index (χ0v) is 15.8. The molecule has 0 bridgehead atoms. The van der Waals surface area contributed by atoms with Gasteiger partial charge in [-0.1, -0.05) is 31.7 Å². The Labute approximate surface area is 166 Å². The van der Waals surface area contributed by atoms with Crippen LogP contribution in [0.2, 0.25) is 0 Å². The number of anilines is 1. The first-order valence-electron chi connectivity index (χ1n) is 8.77. The van der Waals surface area contributed by atoms with Crippen molar-refractivity contribution >= 4 is 23.0 Å². The third kappa shape index (κ3) is 4.00. The lowest BCUT2D eigenvalue weighted by atomic mass is 10.0. The van der Waals surface area contributed by atoms with Crippen LogP contribution in [-0.4, -0.2) is 37.2 Å². The summed E-state index contributed by atoms with van der Waals surface area (Å²) in [4.78, 5) is 12.9. The van der Waals surface area contributed by atoms with Gasteiger partial charge >= 0.3 is 0 Å². The zero-order valence-electron chi connectivity index (χ0n) is 15.8. The first kappa shape index (κ1) is 21.0. The number of aromatic nitrogens is 2. The number of benzene rings is 3. The Morgan fingerprint density at radius 3 is 1.96 bits per heavy atom. The maximum Gasteiger partial charge on any atom is 0.150 e. The van der Waals surface area contributed by atoms with Gasteiger partial charge in [0, 0.05) is 25.3 Å². The third-order valence-electron chi connectivity index (χ3n) is 4.47. The fraction of sp³-hybridized carbons (Fsp3) is 0.174. The number of aldehydes is 1. The molecule has 0 saturated heterocycles. The molecule has 146 valence electrons. The second kappa shape index (κ2) is 9.06. The van der Waals surface area contributed by atoms with Crippen molar-refractivity contribution in [2.24, 2.45) is 5.73 Å². The second-order valence-corrected chi connectivity index (χ2v) is 6.33. The van der Waals surface area contributed by atoms with Crippen molar-refractivity contribution in [1.82, 2.24) is 9.78 Å². The molecule has 0 unspecified atom stereocenters. The summed E-state index contributed by atoms with van der Waals surface area (Å²) in [6.45, 7) is 0. The molecular weight excluding hydrogens is 348 g/mol. The van der Waals surface area contributed by atoms with Crippen molar-refractivity contribution in [2.75, 3.05) is 26.0 Å². The van der Waals surface area contributed by atoms with Crippen LogP contribution < -0.4 is 10.6 Å². The van der Waals surface area contributed by atoms with Crippen molar-refractivity contribution in [1.29, 1.82) is 0 Å². The first-order valence-corrected chi connectivity index (χ1v) is 8.77. The van der Waals surface area contributed by atoms with E-state index in [0.29, 0.717) is 5.56 Å². The van der Waals surface area contributed by atoms with Gasteiger partial charge in [0.15, 0.2) is 0 Å². The number of nitrogens with two attached hydrogens (primary N) is 1. The highest BCUT2D eigenvalue weighted by atomic mass is 16.1. The van der Waals surface area contributed by atoms with E-state index in [1.54, 1.807) is 0 Å². The summed E-state index contributed by atoms with van der Waals surface area (Å²) in [5.41, 5.74) is 11.9. The number of hydrogen-bond donors (Lipinski definition) is 2.